The number of hydrogen-bond acceptors (Lipinski definition) is 7. The number of benzene rings is 1. The zero-order chi connectivity index (χ0) is 19.0. The second-order valence-corrected chi connectivity index (χ2v) is 8.92. The molecule has 0 unspecified atom stereocenters. The molecule has 26 heavy (non-hydrogen) atoms. The van der Waals surface area contributed by atoms with Gasteiger partial charge in [-0.1, -0.05) is 53.4 Å². The molecule has 142 valence electrons. The zero-order valence-corrected chi connectivity index (χ0v) is 17.3. The number of rotatable bonds is 9. The van der Waals surface area contributed by atoms with Gasteiger partial charge in [-0.2, -0.15) is 0 Å². The molecule has 0 aliphatic rings. The summed E-state index contributed by atoms with van der Waals surface area (Å²) < 4.78 is 5.78. The van der Waals surface area contributed by atoms with E-state index in [2.05, 4.69) is 36.3 Å². The molecule has 0 atom stereocenters. The molecule has 0 saturated heterocycles. The van der Waals surface area contributed by atoms with Gasteiger partial charge in [0.15, 0.2) is 4.34 Å². The molecule has 0 fully saturated rings. The number of thioether (sulfide) groups is 1. The van der Waals surface area contributed by atoms with Gasteiger partial charge in [-0.3, -0.25) is 4.79 Å². The Morgan fingerprint density at radius 3 is 2.65 bits per heavy atom. The van der Waals surface area contributed by atoms with Crippen molar-refractivity contribution in [3.8, 4) is 0 Å². The summed E-state index contributed by atoms with van der Waals surface area (Å²) in [6, 6.07) is 10.1. The Bertz CT molecular complexity index is 686. The third kappa shape index (κ3) is 6.59. The number of carbonyl (C=O) groups excluding carboxylic acids is 1. The van der Waals surface area contributed by atoms with Crippen LogP contribution in [-0.2, 0) is 16.1 Å². The van der Waals surface area contributed by atoms with E-state index in [1.165, 1.54) is 23.1 Å². The van der Waals surface area contributed by atoms with E-state index in [1.807, 2.05) is 35.2 Å². The van der Waals surface area contributed by atoms with Gasteiger partial charge < -0.3 is 15.0 Å². The minimum absolute atomic E-state index is 0.0930. The van der Waals surface area contributed by atoms with Crippen LogP contribution in [0.4, 0.5) is 5.13 Å². The monoisotopic (exact) mass is 394 g/mol. The lowest BCUT2D eigenvalue weighted by Gasteiger charge is -2.36. The number of carbonyl (C=O) groups is 1. The molecule has 1 aromatic heterocycles. The zero-order valence-electron chi connectivity index (χ0n) is 15.7. The van der Waals surface area contributed by atoms with E-state index < -0.39 is 0 Å². The van der Waals surface area contributed by atoms with Crippen molar-refractivity contribution in [1.82, 2.24) is 15.1 Å². The second-order valence-electron chi connectivity index (χ2n) is 6.72. The summed E-state index contributed by atoms with van der Waals surface area (Å²) in [6.45, 7) is 8.07. The first kappa shape index (κ1) is 20.7. The summed E-state index contributed by atoms with van der Waals surface area (Å²) in [5.41, 5.74) is 0.878. The molecule has 8 heteroatoms. The molecule has 1 aromatic carbocycles. The number of nitrogens with one attached hydrogen (secondary N) is 1. The Balaban J connectivity index is 1.93. The Morgan fingerprint density at radius 2 is 2.00 bits per heavy atom. The Hall–Kier alpha value is -1.64. The van der Waals surface area contributed by atoms with E-state index in [1.54, 1.807) is 7.11 Å². The standard InChI is InChI=1S/C18H26N4O2S2/c1-18(2,3)22(12-14-8-6-5-7-9-14)15(23)13-25-17-21-20-16(26-17)19-10-11-24-4/h5-9H,10-13H2,1-4H3,(H,19,20). The van der Waals surface area contributed by atoms with Gasteiger partial charge in [0, 0.05) is 25.7 Å². The molecule has 0 spiro atoms. The number of methoxy groups -OCH3 is 1. The van der Waals surface area contributed by atoms with Gasteiger partial charge in [-0.25, -0.2) is 0 Å². The van der Waals surface area contributed by atoms with Crippen molar-refractivity contribution in [2.24, 2.45) is 0 Å². The van der Waals surface area contributed by atoms with E-state index in [4.69, 9.17) is 4.74 Å². The minimum Gasteiger partial charge on any atom is -0.383 e. The normalized spacial score (nSPS) is 11.4. The van der Waals surface area contributed by atoms with Crippen LogP contribution in [0.15, 0.2) is 34.7 Å². The average Bonchev–Trinajstić information content (AvgIpc) is 3.06. The predicted molar refractivity (Wildman–Crippen MR) is 108 cm³/mol. The van der Waals surface area contributed by atoms with Crippen molar-refractivity contribution < 1.29 is 9.53 Å². The Kier molecular flexibility index (Phi) is 7.86. The average molecular weight is 395 g/mol. The molecule has 0 saturated carbocycles. The lowest BCUT2D eigenvalue weighted by Crippen LogP contribution is -2.45. The maximum absolute atomic E-state index is 12.8. The fraction of sp³-hybridized carbons (Fsp3) is 0.500. The molecular formula is C18H26N4O2S2. The quantitative estimate of drug-likeness (QED) is 0.518. The summed E-state index contributed by atoms with van der Waals surface area (Å²) in [5, 5.41) is 12.1. The van der Waals surface area contributed by atoms with Crippen LogP contribution >= 0.6 is 23.1 Å². The smallest absolute Gasteiger partial charge is 0.233 e. The number of anilines is 1. The van der Waals surface area contributed by atoms with E-state index in [0.717, 1.165) is 15.0 Å². The summed E-state index contributed by atoms with van der Waals surface area (Å²) in [6.07, 6.45) is 0. The van der Waals surface area contributed by atoms with Crippen molar-refractivity contribution in [2.45, 2.75) is 37.2 Å². The lowest BCUT2D eigenvalue weighted by atomic mass is 10.0. The maximum Gasteiger partial charge on any atom is 0.233 e. The Labute approximate surface area is 163 Å². The van der Waals surface area contributed by atoms with Gasteiger partial charge in [0.1, 0.15) is 0 Å². The highest BCUT2D eigenvalue weighted by Gasteiger charge is 2.26. The van der Waals surface area contributed by atoms with E-state index in [0.29, 0.717) is 25.4 Å². The predicted octanol–water partition coefficient (Wildman–Crippen LogP) is 3.52. The van der Waals surface area contributed by atoms with Crippen molar-refractivity contribution in [2.75, 3.05) is 31.3 Å². The molecule has 0 aliphatic heterocycles. The van der Waals surface area contributed by atoms with Crippen LogP contribution in [0.25, 0.3) is 0 Å². The molecule has 1 amide bonds. The molecule has 0 bridgehead atoms. The van der Waals surface area contributed by atoms with Gasteiger partial charge in [-0.05, 0) is 26.3 Å². The van der Waals surface area contributed by atoms with Crippen molar-refractivity contribution in [3.63, 3.8) is 0 Å². The van der Waals surface area contributed by atoms with E-state index in [9.17, 15) is 4.79 Å². The summed E-state index contributed by atoms with van der Waals surface area (Å²) >= 11 is 2.88. The van der Waals surface area contributed by atoms with Gasteiger partial charge in [0.2, 0.25) is 11.0 Å². The second kappa shape index (κ2) is 9.89. The third-order valence-corrected chi connectivity index (χ3v) is 5.60. The maximum atomic E-state index is 12.8. The number of ether oxygens (including phenoxy) is 1. The molecule has 2 aromatic rings. The highest BCUT2D eigenvalue weighted by molar-refractivity contribution is 8.01. The van der Waals surface area contributed by atoms with Crippen LogP contribution in [0, 0.1) is 0 Å². The summed E-state index contributed by atoms with van der Waals surface area (Å²) in [5.74, 6) is 0.437. The van der Waals surface area contributed by atoms with Crippen LogP contribution in [0.3, 0.4) is 0 Å². The molecule has 2 rings (SSSR count). The van der Waals surface area contributed by atoms with Crippen molar-refractivity contribution in [3.05, 3.63) is 35.9 Å². The first-order valence-corrected chi connectivity index (χ1v) is 10.2. The Morgan fingerprint density at radius 1 is 1.27 bits per heavy atom. The third-order valence-electron chi connectivity index (χ3n) is 3.60. The first-order valence-electron chi connectivity index (χ1n) is 8.43. The van der Waals surface area contributed by atoms with E-state index in [-0.39, 0.29) is 11.4 Å². The van der Waals surface area contributed by atoms with E-state index >= 15 is 0 Å². The molecule has 0 radical (unpaired) electrons. The first-order chi connectivity index (χ1) is 12.4. The largest absolute Gasteiger partial charge is 0.383 e. The molecular weight excluding hydrogens is 368 g/mol. The number of hydrogen-bond donors (Lipinski definition) is 1. The van der Waals surface area contributed by atoms with Crippen LogP contribution < -0.4 is 5.32 Å². The fourth-order valence-electron chi connectivity index (χ4n) is 2.27. The van der Waals surface area contributed by atoms with Gasteiger partial charge in [0.25, 0.3) is 0 Å². The van der Waals surface area contributed by atoms with Crippen LogP contribution in [0.2, 0.25) is 0 Å². The summed E-state index contributed by atoms with van der Waals surface area (Å²) in [7, 11) is 1.66. The number of nitrogens with zero attached hydrogens (tertiary/aromatic N) is 3. The fourth-order valence-corrected chi connectivity index (χ4v) is 3.92. The number of amides is 1. The van der Waals surface area contributed by atoms with Gasteiger partial charge >= 0.3 is 0 Å². The van der Waals surface area contributed by atoms with Crippen molar-refractivity contribution >= 4 is 34.1 Å². The minimum atomic E-state index is -0.249. The van der Waals surface area contributed by atoms with Crippen LogP contribution in [-0.4, -0.2) is 52.6 Å². The molecule has 1 heterocycles. The highest BCUT2D eigenvalue weighted by atomic mass is 32.2. The molecule has 1 N–H and O–H groups in total. The van der Waals surface area contributed by atoms with Crippen molar-refractivity contribution in [1.29, 1.82) is 0 Å². The lowest BCUT2D eigenvalue weighted by molar-refractivity contribution is -0.133. The van der Waals surface area contributed by atoms with Gasteiger partial charge in [0.05, 0.1) is 12.4 Å². The molecule has 0 aliphatic carbocycles. The number of aromatic nitrogens is 2. The highest BCUT2D eigenvalue weighted by Crippen LogP contribution is 2.27. The van der Waals surface area contributed by atoms with Gasteiger partial charge in [-0.15, -0.1) is 10.2 Å². The topological polar surface area (TPSA) is 67.3 Å². The SMILES string of the molecule is COCCNc1nnc(SCC(=O)N(Cc2ccccc2)C(C)(C)C)s1. The molecule has 6 nitrogen and oxygen atoms in total. The van der Waals surface area contributed by atoms with Crippen LogP contribution in [0.5, 0.6) is 0 Å². The van der Waals surface area contributed by atoms with Crippen LogP contribution in [0.1, 0.15) is 26.3 Å². The summed E-state index contributed by atoms with van der Waals surface area (Å²) in [4.78, 5) is 14.7.